The van der Waals surface area contributed by atoms with E-state index in [-0.39, 0.29) is 18.3 Å². The quantitative estimate of drug-likeness (QED) is 0.419. The van der Waals surface area contributed by atoms with Crippen LogP contribution in [0.5, 0.6) is 0 Å². The molecule has 22 heavy (non-hydrogen) atoms. The van der Waals surface area contributed by atoms with Crippen molar-refractivity contribution in [2.45, 2.75) is 26.7 Å². The van der Waals surface area contributed by atoms with E-state index in [1.165, 1.54) is 6.92 Å². The molecule has 0 aliphatic heterocycles. The fourth-order valence-corrected chi connectivity index (χ4v) is 1.51. The number of rotatable bonds is 16. The number of Topliss-reactive ketones (excluding diaryl/α,β-unsaturated/α-hetero) is 1. The molecule has 0 aliphatic carbocycles. The van der Waals surface area contributed by atoms with Gasteiger partial charge in [0, 0.05) is 33.1 Å². The number of carbonyl (C=O) groups is 2. The zero-order valence-corrected chi connectivity index (χ0v) is 13.7. The summed E-state index contributed by atoms with van der Waals surface area (Å²) in [6.45, 7) is 7.61. The predicted octanol–water partition coefficient (Wildman–Crippen LogP) is 0.558. The largest absolute Gasteiger partial charge is 0.379 e. The zero-order chi connectivity index (χ0) is 16.5. The van der Waals surface area contributed by atoms with Crippen molar-refractivity contribution in [1.29, 1.82) is 0 Å². The lowest BCUT2D eigenvalue weighted by molar-refractivity contribution is -0.124. The van der Waals surface area contributed by atoms with Crippen LogP contribution in [0.4, 0.5) is 0 Å². The van der Waals surface area contributed by atoms with E-state index in [0.29, 0.717) is 65.6 Å². The van der Waals surface area contributed by atoms with Gasteiger partial charge in [-0.25, -0.2) is 0 Å². The summed E-state index contributed by atoms with van der Waals surface area (Å²) in [5.74, 6) is -0.0148. The number of amides is 1. The van der Waals surface area contributed by atoms with E-state index in [0.717, 1.165) is 0 Å². The number of hydrogen-bond acceptors (Lipinski definition) is 6. The van der Waals surface area contributed by atoms with Crippen molar-refractivity contribution in [1.82, 2.24) is 5.32 Å². The maximum atomic E-state index is 11.5. The highest BCUT2D eigenvalue weighted by Crippen LogP contribution is 1.93. The van der Waals surface area contributed by atoms with Crippen LogP contribution in [-0.2, 0) is 28.5 Å². The molecule has 130 valence electrons. The molecule has 1 N–H and O–H groups in total. The van der Waals surface area contributed by atoms with Gasteiger partial charge in [0.05, 0.1) is 33.0 Å². The van der Waals surface area contributed by atoms with Gasteiger partial charge in [0.15, 0.2) is 5.78 Å². The summed E-state index contributed by atoms with van der Waals surface area (Å²) in [7, 11) is 0. The molecule has 1 amide bonds. The fourth-order valence-electron chi connectivity index (χ4n) is 1.51. The molecule has 0 aliphatic rings. The van der Waals surface area contributed by atoms with E-state index in [1.54, 1.807) is 0 Å². The Bertz CT molecular complexity index is 285. The van der Waals surface area contributed by atoms with Gasteiger partial charge in [-0.3, -0.25) is 9.59 Å². The molecule has 0 bridgehead atoms. The maximum Gasteiger partial charge on any atom is 0.216 e. The van der Waals surface area contributed by atoms with Gasteiger partial charge in [0.2, 0.25) is 5.91 Å². The molecule has 0 saturated heterocycles. The highest BCUT2D eigenvalue weighted by Gasteiger charge is 2.02. The number of ketones is 1. The smallest absolute Gasteiger partial charge is 0.216 e. The molecule has 0 aromatic carbocycles. The minimum Gasteiger partial charge on any atom is -0.379 e. The first-order valence-corrected chi connectivity index (χ1v) is 7.74. The Labute approximate surface area is 132 Å². The fraction of sp³-hybridized carbons (Fsp3) is 0.867. The normalized spacial score (nSPS) is 10.6. The van der Waals surface area contributed by atoms with E-state index in [1.807, 2.05) is 6.92 Å². The molecule has 7 heteroatoms. The third-order valence-corrected chi connectivity index (χ3v) is 2.58. The van der Waals surface area contributed by atoms with Crippen LogP contribution in [0.3, 0.4) is 0 Å². The lowest BCUT2D eigenvalue weighted by atomic mass is 10.2. The van der Waals surface area contributed by atoms with Crippen LogP contribution in [0.15, 0.2) is 0 Å². The third-order valence-electron chi connectivity index (χ3n) is 2.58. The molecule has 0 aromatic heterocycles. The second-order valence-electron chi connectivity index (χ2n) is 4.60. The number of ether oxygens (including phenoxy) is 4. The summed E-state index contributed by atoms with van der Waals surface area (Å²) in [4.78, 5) is 22.1. The lowest BCUT2D eigenvalue weighted by Crippen LogP contribution is -2.25. The van der Waals surface area contributed by atoms with Crippen LogP contribution in [0.1, 0.15) is 26.7 Å². The summed E-state index contributed by atoms with van der Waals surface area (Å²) in [6, 6.07) is 0. The van der Waals surface area contributed by atoms with Gasteiger partial charge >= 0.3 is 0 Å². The summed E-state index contributed by atoms with van der Waals surface area (Å²) in [5, 5.41) is 2.62. The van der Waals surface area contributed by atoms with E-state index in [2.05, 4.69) is 5.32 Å². The second-order valence-corrected chi connectivity index (χ2v) is 4.60. The zero-order valence-electron chi connectivity index (χ0n) is 13.7. The van der Waals surface area contributed by atoms with Crippen LogP contribution in [-0.4, -0.2) is 71.1 Å². The molecule has 0 rings (SSSR count). The molecule has 7 nitrogen and oxygen atoms in total. The van der Waals surface area contributed by atoms with Gasteiger partial charge in [-0.05, 0) is 13.3 Å². The molecule has 0 atom stereocenters. The first kappa shape index (κ1) is 21.0. The van der Waals surface area contributed by atoms with Crippen molar-refractivity contribution in [3.8, 4) is 0 Å². The highest BCUT2D eigenvalue weighted by molar-refractivity contribution is 5.79. The van der Waals surface area contributed by atoms with Crippen LogP contribution in [0.2, 0.25) is 0 Å². The molecule has 0 radical (unpaired) electrons. The van der Waals surface area contributed by atoms with E-state index in [9.17, 15) is 9.59 Å². The molecule has 0 heterocycles. The molecule has 0 fully saturated rings. The first-order chi connectivity index (χ1) is 10.7. The number of hydrogen-bond donors (Lipinski definition) is 1. The van der Waals surface area contributed by atoms with Crippen molar-refractivity contribution in [3.63, 3.8) is 0 Å². The number of nitrogens with one attached hydrogen (secondary N) is 1. The first-order valence-electron chi connectivity index (χ1n) is 7.74. The van der Waals surface area contributed by atoms with Gasteiger partial charge in [-0.2, -0.15) is 0 Å². The van der Waals surface area contributed by atoms with E-state index < -0.39 is 0 Å². The van der Waals surface area contributed by atoms with Crippen molar-refractivity contribution in [2.24, 2.45) is 0 Å². The Morgan fingerprint density at radius 2 is 1.50 bits per heavy atom. The second kappa shape index (κ2) is 16.4. The average Bonchev–Trinajstić information content (AvgIpc) is 2.48. The van der Waals surface area contributed by atoms with Crippen molar-refractivity contribution in [2.75, 3.05) is 59.4 Å². The SMILES string of the molecule is CCOCCOCCCC(=O)COCCOCCNC(C)=O. The minimum absolute atomic E-state index is 0.0617. The topological polar surface area (TPSA) is 83.1 Å². The van der Waals surface area contributed by atoms with Crippen LogP contribution in [0.25, 0.3) is 0 Å². The molecule has 0 aromatic rings. The molecular formula is C15H29NO6. The van der Waals surface area contributed by atoms with Crippen molar-refractivity contribution < 1.29 is 28.5 Å². The monoisotopic (exact) mass is 319 g/mol. The average molecular weight is 319 g/mol. The highest BCUT2D eigenvalue weighted by atomic mass is 16.5. The molecule has 0 spiro atoms. The van der Waals surface area contributed by atoms with E-state index in [4.69, 9.17) is 18.9 Å². The van der Waals surface area contributed by atoms with Gasteiger partial charge in [-0.1, -0.05) is 0 Å². The summed E-state index contributed by atoms with van der Waals surface area (Å²) in [5.41, 5.74) is 0. The minimum atomic E-state index is -0.0766. The van der Waals surface area contributed by atoms with Gasteiger partial charge in [-0.15, -0.1) is 0 Å². The Hall–Kier alpha value is -1.02. The third kappa shape index (κ3) is 17.0. The van der Waals surface area contributed by atoms with Gasteiger partial charge in [0.1, 0.15) is 6.61 Å². The van der Waals surface area contributed by atoms with Crippen molar-refractivity contribution >= 4 is 11.7 Å². The Morgan fingerprint density at radius 3 is 2.18 bits per heavy atom. The predicted molar refractivity (Wildman–Crippen MR) is 81.9 cm³/mol. The Kier molecular flexibility index (Phi) is 15.6. The molecule has 0 saturated carbocycles. The summed E-state index contributed by atoms with van der Waals surface area (Å²) in [6.07, 6.45) is 1.15. The van der Waals surface area contributed by atoms with Gasteiger partial charge in [0.25, 0.3) is 0 Å². The molecular weight excluding hydrogens is 290 g/mol. The van der Waals surface area contributed by atoms with E-state index >= 15 is 0 Å². The Balaban J connectivity index is 3.17. The van der Waals surface area contributed by atoms with Crippen molar-refractivity contribution in [3.05, 3.63) is 0 Å². The molecule has 0 unspecified atom stereocenters. The number of carbonyl (C=O) groups excluding carboxylic acids is 2. The summed E-state index contributed by atoms with van der Waals surface area (Å²) >= 11 is 0. The van der Waals surface area contributed by atoms with Crippen LogP contribution in [0, 0.1) is 0 Å². The Morgan fingerprint density at radius 1 is 0.864 bits per heavy atom. The van der Waals surface area contributed by atoms with Crippen LogP contribution < -0.4 is 5.32 Å². The maximum absolute atomic E-state index is 11.5. The summed E-state index contributed by atoms with van der Waals surface area (Å²) < 4.78 is 20.9. The van der Waals surface area contributed by atoms with Gasteiger partial charge < -0.3 is 24.3 Å². The lowest BCUT2D eigenvalue weighted by Gasteiger charge is -2.06. The standard InChI is InChI=1S/C15H29NO6/c1-3-19-9-10-20-7-4-5-15(18)13-22-12-11-21-8-6-16-14(2)17/h3-13H2,1-2H3,(H,16,17). The van der Waals surface area contributed by atoms with Crippen LogP contribution >= 0.6 is 0 Å².